The Kier molecular flexibility index (Phi) is 3.87. The summed E-state index contributed by atoms with van der Waals surface area (Å²) in [7, 11) is 0. The number of aromatic nitrogens is 3. The Hall–Kier alpha value is -0.980. The standard InChI is InChI=1S/C10H18N4O2/c1-3-15-10(16-4-2)9-7-14(13-12-9)8-5-11-6-8/h7-8,10-11H,3-6H2,1-2H3. The van der Waals surface area contributed by atoms with Gasteiger partial charge in [0, 0.05) is 26.3 Å². The SMILES string of the molecule is CCOC(OCC)c1cn(C2CNC2)nn1. The lowest BCUT2D eigenvalue weighted by molar-refractivity contribution is -0.142. The Bertz CT molecular complexity index is 318. The van der Waals surface area contributed by atoms with Crippen molar-refractivity contribution in [2.24, 2.45) is 0 Å². The van der Waals surface area contributed by atoms with Gasteiger partial charge >= 0.3 is 0 Å². The van der Waals surface area contributed by atoms with Crippen LogP contribution in [0.25, 0.3) is 0 Å². The Morgan fingerprint density at radius 1 is 1.44 bits per heavy atom. The average molecular weight is 226 g/mol. The van der Waals surface area contributed by atoms with Gasteiger partial charge in [0.2, 0.25) is 6.29 Å². The van der Waals surface area contributed by atoms with Crippen molar-refractivity contribution in [3.05, 3.63) is 11.9 Å². The van der Waals surface area contributed by atoms with E-state index in [0.717, 1.165) is 18.8 Å². The lowest BCUT2D eigenvalue weighted by atomic mass is 10.2. The quantitative estimate of drug-likeness (QED) is 0.715. The van der Waals surface area contributed by atoms with Gasteiger partial charge in [-0.15, -0.1) is 5.10 Å². The third kappa shape index (κ3) is 2.40. The third-order valence-corrected chi connectivity index (χ3v) is 2.54. The van der Waals surface area contributed by atoms with Crippen molar-refractivity contribution in [3.63, 3.8) is 0 Å². The summed E-state index contributed by atoms with van der Waals surface area (Å²) in [5.41, 5.74) is 0.746. The van der Waals surface area contributed by atoms with E-state index in [1.54, 1.807) is 0 Å². The summed E-state index contributed by atoms with van der Waals surface area (Å²) in [5.74, 6) is 0. The first kappa shape index (κ1) is 11.5. The van der Waals surface area contributed by atoms with Crippen molar-refractivity contribution in [2.75, 3.05) is 26.3 Å². The molecule has 1 saturated heterocycles. The molecule has 2 rings (SSSR count). The minimum atomic E-state index is -0.392. The van der Waals surface area contributed by atoms with Crippen molar-refractivity contribution >= 4 is 0 Å². The van der Waals surface area contributed by atoms with Crippen LogP contribution in [0.15, 0.2) is 6.20 Å². The van der Waals surface area contributed by atoms with Gasteiger partial charge in [0.1, 0.15) is 5.69 Å². The molecule has 0 radical (unpaired) electrons. The highest BCUT2D eigenvalue weighted by molar-refractivity contribution is 4.97. The first-order valence-corrected chi connectivity index (χ1v) is 5.70. The number of nitrogens with one attached hydrogen (secondary N) is 1. The normalized spacial score (nSPS) is 16.7. The average Bonchev–Trinajstić information content (AvgIpc) is 2.64. The molecule has 16 heavy (non-hydrogen) atoms. The minimum absolute atomic E-state index is 0.392. The molecule has 1 aliphatic heterocycles. The third-order valence-electron chi connectivity index (χ3n) is 2.54. The molecule has 0 spiro atoms. The zero-order valence-corrected chi connectivity index (χ0v) is 9.72. The molecule has 0 saturated carbocycles. The zero-order chi connectivity index (χ0) is 11.4. The minimum Gasteiger partial charge on any atom is -0.347 e. The number of ether oxygens (including phenoxy) is 2. The summed E-state index contributed by atoms with van der Waals surface area (Å²) in [5, 5.41) is 11.4. The highest BCUT2D eigenvalue weighted by Gasteiger charge is 2.22. The lowest BCUT2D eigenvalue weighted by Gasteiger charge is -2.26. The van der Waals surface area contributed by atoms with Crippen molar-refractivity contribution in [2.45, 2.75) is 26.2 Å². The predicted molar refractivity (Wildman–Crippen MR) is 57.9 cm³/mol. The number of rotatable bonds is 6. The molecule has 90 valence electrons. The Balaban J connectivity index is 2.02. The second-order valence-electron chi connectivity index (χ2n) is 3.68. The van der Waals surface area contributed by atoms with E-state index in [1.807, 2.05) is 24.7 Å². The summed E-state index contributed by atoms with van der Waals surface area (Å²) in [4.78, 5) is 0. The van der Waals surface area contributed by atoms with E-state index in [4.69, 9.17) is 9.47 Å². The highest BCUT2D eigenvalue weighted by Crippen LogP contribution is 2.18. The fraction of sp³-hybridized carbons (Fsp3) is 0.800. The van der Waals surface area contributed by atoms with Gasteiger partial charge in [0.25, 0.3) is 0 Å². The van der Waals surface area contributed by atoms with Gasteiger partial charge in [0.05, 0.1) is 12.2 Å². The van der Waals surface area contributed by atoms with Gasteiger partial charge in [-0.1, -0.05) is 5.21 Å². The van der Waals surface area contributed by atoms with E-state index in [1.165, 1.54) is 0 Å². The fourth-order valence-corrected chi connectivity index (χ4v) is 1.56. The van der Waals surface area contributed by atoms with E-state index in [-0.39, 0.29) is 0 Å². The van der Waals surface area contributed by atoms with Gasteiger partial charge in [-0.3, -0.25) is 0 Å². The zero-order valence-electron chi connectivity index (χ0n) is 9.72. The van der Waals surface area contributed by atoms with Gasteiger partial charge < -0.3 is 14.8 Å². The van der Waals surface area contributed by atoms with Gasteiger partial charge in [0.15, 0.2) is 0 Å². The van der Waals surface area contributed by atoms with Crippen LogP contribution >= 0.6 is 0 Å². The van der Waals surface area contributed by atoms with Crippen molar-refractivity contribution in [1.82, 2.24) is 20.3 Å². The molecule has 1 N–H and O–H groups in total. The second-order valence-corrected chi connectivity index (χ2v) is 3.68. The molecule has 0 aromatic carbocycles. The molecular weight excluding hydrogens is 208 g/mol. The predicted octanol–water partition coefficient (Wildman–Crippen LogP) is 0.494. The summed E-state index contributed by atoms with van der Waals surface area (Å²) >= 11 is 0. The van der Waals surface area contributed by atoms with Crippen LogP contribution in [0.4, 0.5) is 0 Å². The van der Waals surface area contributed by atoms with E-state index in [0.29, 0.717) is 19.3 Å². The number of hydrogen-bond donors (Lipinski definition) is 1. The molecule has 2 heterocycles. The summed E-state index contributed by atoms with van der Waals surface area (Å²) in [6, 6.07) is 0.421. The fourth-order valence-electron chi connectivity index (χ4n) is 1.56. The molecule has 0 amide bonds. The molecule has 6 nitrogen and oxygen atoms in total. The molecular formula is C10H18N4O2. The Morgan fingerprint density at radius 2 is 2.12 bits per heavy atom. The molecule has 6 heteroatoms. The van der Waals surface area contributed by atoms with E-state index in [2.05, 4.69) is 15.6 Å². The van der Waals surface area contributed by atoms with Crippen LogP contribution in [0.3, 0.4) is 0 Å². The maximum Gasteiger partial charge on any atom is 0.204 e. The molecule has 0 atom stereocenters. The van der Waals surface area contributed by atoms with Crippen LogP contribution in [0.2, 0.25) is 0 Å². The molecule has 1 fully saturated rings. The Labute approximate surface area is 94.9 Å². The monoisotopic (exact) mass is 226 g/mol. The molecule has 1 aromatic rings. The van der Waals surface area contributed by atoms with Crippen LogP contribution < -0.4 is 5.32 Å². The molecule has 1 aromatic heterocycles. The summed E-state index contributed by atoms with van der Waals surface area (Å²) in [6.07, 6.45) is 1.51. The largest absolute Gasteiger partial charge is 0.347 e. The van der Waals surface area contributed by atoms with Gasteiger partial charge in [-0.05, 0) is 13.8 Å². The molecule has 0 unspecified atom stereocenters. The van der Waals surface area contributed by atoms with E-state index < -0.39 is 6.29 Å². The summed E-state index contributed by atoms with van der Waals surface area (Å²) in [6.45, 7) is 6.98. The molecule has 1 aliphatic rings. The Morgan fingerprint density at radius 3 is 2.62 bits per heavy atom. The van der Waals surface area contributed by atoms with Crippen LogP contribution in [0.5, 0.6) is 0 Å². The first-order valence-electron chi connectivity index (χ1n) is 5.70. The van der Waals surface area contributed by atoms with Crippen LogP contribution in [0, 0.1) is 0 Å². The number of hydrogen-bond acceptors (Lipinski definition) is 5. The smallest absolute Gasteiger partial charge is 0.204 e. The van der Waals surface area contributed by atoms with Gasteiger partial charge in [-0.2, -0.15) is 0 Å². The van der Waals surface area contributed by atoms with E-state index in [9.17, 15) is 0 Å². The topological polar surface area (TPSA) is 61.2 Å². The highest BCUT2D eigenvalue weighted by atomic mass is 16.7. The van der Waals surface area contributed by atoms with Crippen molar-refractivity contribution in [1.29, 1.82) is 0 Å². The maximum absolute atomic E-state index is 5.46. The van der Waals surface area contributed by atoms with E-state index >= 15 is 0 Å². The number of nitrogens with zero attached hydrogens (tertiary/aromatic N) is 3. The van der Waals surface area contributed by atoms with Crippen LogP contribution in [-0.2, 0) is 9.47 Å². The molecule has 0 aliphatic carbocycles. The van der Waals surface area contributed by atoms with Crippen molar-refractivity contribution in [3.8, 4) is 0 Å². The first-order chi connectivity index (χ1) is 7.85. The lowest BCUT2D eigenvalue weighted by Crippen LogP contribution is -2.43. The van der Waals surface area contributed by atoms with Crippen molar-refractivity contribution < 1.29 is 9.47 Å². The second kappa shape index (κ2) is 5.38. The summed E-state index contributed by atoms with van der Waals surface area (Å²) < 4.78 is 12.8. The molecule has 0 bridgehead atoms. The van der Waals surface area contributed by atoms with Crippen LogP contribution in [0.1, 0.15) is 31.9 Å². The maximum atomic E-state index is 5.46. The van der Waals surface area contributed by atoms with Crippen LogP contribution in [-0.4, -0.2) is 41.3 Å². The van der Waals surface area contributed by atoms with Gasteiger partial charge in [-0.25, -0.2) is 4.68 Å².